The quantitative estimate of drug-likeness (QED) is 0.496. The minimum absolute atomic E-state index is 0.0179. The van der Waals surface area contributed by atoms with Gasteiger partial charge in [0, 0.05) is 24.3 Å². The minimum atomic E-state index is -0.773. The zero-order chi connectivity index (χ0) is 21.2. The fourth-order valence-electron chi connectivity index (χ4n) is 5.16. The topological polar surface area (TPSA) is 52.6 Å². The van der Waals surface area contributed by atoms with Crippen LogP contribution in [-0.2, 0) is 19.1 Å². The molecule has 0 spiro atoms. The molecule has 29 heavy (non-hydrogen) atoms. The Balaban J connectivity index is 1.70. The second-order valence-corrected chi connectivity index (χ2v) is 9.26. The van der Waals surface area contributed by atoms with Crippen molar-refractivity contribution in [1.29, 1.82) is 0 Å². The Kier molecular flexibility index (Phi) is 6.62. The first-order chi connectivity index (χ1) is 13.7. The minimum Gasteiger partial charge on any atom is -0.459 e. The number of ether oxygens (including phenoxy) is 2. The number of hydrogen-bond acceptors (Lipinski definition) is 4. The van der Waals surface area contributed by atoms with E-state index in [0.717, 1.165) is 18.4 Å². The molecule has 1 saturated carbocycles. The van der Waals surface area contributed by atoms with Crippen LogP contribution in [0, 0.1) is 23.7 Å². The number of rotatable bonds is 6. The van der Waals surface area contributed by atoms with Crippen LogP contribution in [-0.4, -0.2) is 29.6 Å². The van der Waals surface area contributed by atoms with Crippen LogP contribution in [0.1, 0.15) is 59.4 Å². The summed E-state index contributed by atoms with van der Waals surface area (Å²) in [6, 6.07) is 9.69. The highest BCUT2D eigenvalue weighted by Crippen LogP contribution is 2.50. The van der Waals surface area contributed by atoms with Gasteiger partial charge >= 0.3 is 5.97 Å². The summed E-state index contributed by atoms with van der Waals surface area (Å²) in [7, 11) is 0. The molecule has 6 atom stereocenters. The predicted molar refractivity (Wildman–Crippen MR) is 114 cm³/mol. The van der Waals surface area contributed by atoms with E-state index in [4.69, 9.17) is 9.47 Å². The lowest BCUT2D eigenvalue weighted by Gasteiger charge is -2.38. The summed E-state index contributed by atoms with van der Waals surface area (Å²) in [6.07, 6.45) is 5.40. The van der Waals surface area contributed by atoms with E-state index in [-0.39, 0.29) is 35.8 Å². The van der Waals surface area contributed by atoms with Crippen LogP contribution in [0.5, 0.6) is 0 Å². The van der Waals surface area contributed by atoms with Crippen molar-refractivity contribution in [2.24, 2.45) is 23.7 Å². The molecular formula is C25H34O4. The van der Waals surface area contributed by atoms with E-state index in [1.165, 1.54) is 6.08 Å². The van der Waals surface area contributed by atoms with E-state index < -0.39 is 5.60 Å². The summed E-state index contributed by atoms with van der Waals surface area (Å²) in [5, 5.41) is 0. The molecule has 4 heteroatoms. The zero-order valence-corrected chi connectivity index (χ0v) is 18.3. The Morgan fingerprint density at radius 3 is 2.52 bits per heavy atom. The Labute approximate surface area is 174 Å². The van der Waals surface area contributed by atoms with Crippen molar-refractivity contribution < 1.29 is 19.1 Å². The Hall–Kier alpha value is -1.94. The van der Waals surface area contributed by atoms with Gasteiger partial charge in [-0.1, -0.05) is 51.1 Å². The number of ketones is 1. The largest absolute Gasteiger partial charge is 0.459 e. The van der Waals surface area contributed by atoms with Crippen LogP contribution < -0.4 is 0 Å². The van der Waals surface area contributed by atoms with Gasteiger partial charge in [-0.15, -0.1) is 0 Å². The highest BCUT2D eigenvalue weighted by Gasteiger charge is 2.56. The Bertz CT molecular complexity index is 753. The summed E-state index contributed by atoms with van der Waals surface area (Å²) >= 11 is 0. The lowest BCUT2D eigenvalue weighted by molar-refractivity contribution is -0.155. The van der Waals surface area contributed by atoms with Gasteiger partial charge in [0.25, 0.3) is 0 Å². The van der Waals surface area contributed by atoms with Crippen LogP contribution >= 0.6 is 0 Å². The Morgan fingerprint density at radius 2 is 1.90 bits per heavy atom. The molecule has 0 aromatic heterocycles. The van der Waals surface area contributed by atoms with Crippen molar-refractivity contribution in [3.63, 3.8) is 0 Å². The number of carbonyl (C=O) groups excluding carboxylic acids is 2. The molecule has 1 aromatic carbocycles. The van der Waals surface area contributed by atoms with Crippen LogP contribution in [0.15, 0.2) is 36.4 Å². The zero-order valence-electron chi connectivity index (χ0n) is 18.3. The summed E-state index contributed by atoms with van der Waals surface area (Å²) in [6.45, 7) is 10.3. The van der Waals surface area contributed by atoms with Crippen molar-refractivity contribution in [2.45, 2.75) is 71.7 Å². The predicted octanol–water partition coefficient (Wildman–Crippen LogP) is 5.07. The number of Topliss-reactive ketones (excluding diaryl/α,β-unsaturated/α-hetero) is 1. The molecule has 1 aliphatic heterocycles. The molecule has 0 amide bonds. The number of hydrogen-bond donors (Lipinski definition) is 0. The van der Waals surface area contributed by atoms with Gasteiger partial charge in [0.1, 0.15) is 11.7 Å². The monoisotopic (exact) mass is 398 g/mol. The van der Waals surface area contributed by atoms with Gasteiger partial charge in [-0.05, 0) is 50.2 Å². The highest BCUT2D eigenvalue weighted by molar-refractivity contribution is 5.89. The maximum atomic E-state index is 12.9. The maximum absolute atomic E-state index is 12.9. The van der Waals surface area contributed by atoms with Gasteiger partial charge in [0.2, 0.25) is 0 Å². The van der Waals surface area contributed by atoms with Crippen LogP contribution in [0.2, 0.25) is 0 Å². The second kappa shape index (κ2) is 8.83. The SMILES string of the molecule is CC(C)C1CC(=O)C(C)(C2CCC(C)C2C(C)OC(=O)/C=C/c2ccccc2)O1. The van der Waals surface area contributed by atoms with E-state index in [9.17, 15) is 9.59 Å². The number of esters is 1. The van der Waals surface area contributed by atoms with Gasteiger partial charge in [-0.25, -0.2) is 4.79 Å². The number of carbonyl (C=O) groups is 2. The van der Waals surface area contributed by atoms with Gasteiger partial charge in [0.05, 0.1) is 6.10 Å². The second-order valence-electron chi connectivity index (χ2n) is 9.26. The van der Waals surface area contributed by atoms with Gasteiger partial charge in [-0.2, -0.15) is 0 Å². The first-order valence-corrected chi connectivity index (χ1v) is 10.9. The lowest BCUT2D eigenvalue weighted by Crippen LogP contribution is -2.46. The molecular weight excluding hydrogens is 364 g/mol. The van der Waals surface area contributed by atoms with Crippen molar-refractivity contribution in [2.75, 3.05) is 0 Å². The van der Waals surface area contributed by atoms with Crippen molar-refractivity contribution >= 4 is 17.8 Å². The third-order valence-electron chi connectivity index (χ3n) is 6.90. The first-order valence-electron chi connectivity index (χ1n) is 10.9. The lowest BCUT2D eigenvalue weighted by atomic mass is 9.75. The molecule has 2 aliphatic rings. The van der Waals surface area contributed by atoms with E-state index >= 15 is 0 Å². The summed E-state index contributed by atoms with van der Waals surface area (Å²) < 4.78 is 12.1. The molecule has 4 nitrogen and oxygen atoms in total. The van der Waals surface area contributed by atoms with Gasteiger partial charge in [-0.3, -0.25) is 4.79 Å². The van der Waals surface area contributed by atoms with Crippen LogP contribution in [0.4, 0.5) is 0 Å². The molecule has 1 aromatic rings. The molecule has 1 heterocycles. The van der Waals surface area contributed by atoms with Crippen molar-refractivity contribution in [3.05, 3.63) is 42.0 Å². The molecule has 2 fully saturated rings. The smallest absolute Gasteiger partial charge is 0.331 e. The average molecular weight is 399 g/mol. The fraction of sp³-hybridized carbons (Fsp3) is 0.600. The molecule has 0 radical (unpaired) electrons. The molecule has 0 bridgehead atoms. The molecule has 0 N–H and O–H groups in total. The summed E-state index contributed by atoms with van der Waals surface area (Å²) in [4.78, 5) is 25.3. The average Bonchev–Trinajstić information content (AvgIpc) is 3.22. The van der Waals surface area contributed by atoms with Crippen molar-refractivity contribution in [1.82, 2.24) is 0 Å². The molecule has 1 saturated heterocycles. The first kappa shape index (κ1) is 21.8. The van der Waals surface area contributed by atoms with Crippen LogP contribution in [0.3, 0.4) is 0 Å². The molecule has 158 valence electrons. The van der Waals surface area contributed by atoms with Gasteiger partial charge in [0.15, 0.2) is 5.78 Å². The maximum Gasteiger partial charge on any atom is 0.331 e. The molecule has 1 aliphatic carbocycles. The Morgan fingerprint density at radius 1 is 1.21 bits per heavy atom. The third-order valence-corrected chi connectivity index (χ3v) is 6.90. The van der Waals surface area contributed by atoms with Crippen LogP contribution in [0.25, 0.3) is 6.08 Å². The standard InChI is InChI=1S/C25H34O4/c1-16(2)21-15-22(26)25(5,29-21)20-13-11-17(3)24(20)18(4)28-23(27)14-12-19-9-7-6-8-10-19/h6-10,12,14,16-18,20-21,24H,11,13,15H2,1-5H3/b14-12+. The fourth-order valence-corrected chi connectivity index (χ4v) is 5.16. The third kappa shape index (κ3) is 4.63. The summed E-state index contributed by atoms with van der Waals surface area (Å²) in [5.74, 6) is 0.744. The van der Waals surface area contributed by atoms with E-state index in [1.807, 2.05) is 44.2 Å². The van der Waals surface area contributed by atoms with E-state index in [2.05, 4.69) is 20.8 Å². The normalized spacial score (nSPS) is 33.5. The van der Waals surface area contributed by atoms with E-state index in [0.29, 0.717) is 18.3 Å². The van der Waals surface area contributed by atoms with Crippen molar-refractivity contribution in [3.8, 4) is 0 Å². The number of benzene rings is 1. The van der Waals surface area contributed by atoms with E-state index in [1.54, 1.807) is 6.08 Å². The van der Waals surface area contributed by atoms with Gasteiger partial charge < -0.3 is 9.47 Å². The summed E-state index contributed by atoms with van der Waals surface area (Å²) in [5.41, 5.74) is 0.187. The molecule has 6 unspecified atom stereocenters. The molecule has 3 rings (SSSR count). The highest BCUT2D eigenvalue weighted by atomic mass is 16.5.